The third kappa shape index (κ3) is 3.81. The largest absolute Gasteiger partial charge is 0.375 e. The number of anilines is 2. The molecule has 1 aliphatic heterocycles. The lowest BCUT2D eigenvalue weighted by Gasteiger charge is -2.31. The number of nitrogens with one attached hydrogen (secondary N) is 1. The van der Waals surface area contributed by atoms with Crippen LogP contribution in [-0.4, -0.2) is 39.9 Å². The van der Waals surface area contributed by atoms with Crippen molar-refractivity contribution < 1.29 is 8.42 Å². The Balaban J connectivity index is 2.27. The highest BCUT2D eigenvalue weighted by Crippen LogP contribution is 2.33. The molecule has 0 aromatic heterocycles. The van der Waals surface area contributed by atoms with Gasteiger partial charge in [-0.1, -0.05) is 24.6 Å². The maximum atomic E-state index is 12.5. The number of nitrogens with zero attached hydrogens (tertiary/aromatic N) is 2. The number of halogens is 1. The van der Waals surface area contributed by atoms with Gasteiger partial charge in [0.05, 0.1) is 16.4 Å². The van der Waals surface area contributed by atoms with E-state index in [-0.39, 0.29) is 0 Å². The highest BCUT2D eigenvalue weighted by molar-refractivity contribution is 7.90. The molecule has 21 heavy (non-hydrogen) atoms. The molecular formula is C14H22ClN3O2S. The van der Waals surface area contributed by atoms with Crippen LogP contribution in [-0.2, 0) is 10.2 Å². The first kappa shape index (κ1) is 16.4. The fraction of sp³-hybridized carbons (Fsp3) is 0.571. The van der Waals surface area contributed by atoms with Gasteiger partial charge in [-0.25, -0.2) is 0 Å². The standard InChI is InChI=1S/C14H22ClN3O2S/c1-11-6-5-9-18(10-11)21(19,20)16-13-8-4-7-12(15)14(13)17(2)3/h4,7-8,11,16H,5-6,9-10H2,1-3H3. The second-order valence-corrected chi connectivity index (χ2v) is 7.82. The van der Waals surface area contributed by atoms with Crippen molar-refractivity contribution in [3.63, 3.8) is 0 Å². The van der Waals surface area contributed by atoms with Gasteiger partial charge in [0.25, 0.3) is 0 Å². The zero-order valence-electron chi connectivity index (χ0n) is 12.6. The van der Waals surface area contributed by atoms with Crippen molar-refractivity contribution in [1.82, 2.24) is 4.31 Å². The minimum atomic E-state index is -3.54. The number of para-hydroxylation sites is 1. The third-order valence-corrected chi connectivity index (χ3v) is 5.43. The number of hydrogen-bond donors (Lipinski definition) is 1. The molecule has 0 bridgehead atoms. The number of benzene rings is 1. The molecule has 1 aromatic carbocycles. The maximum absolute atomic E-state index is 12.5. The van der Waals surface area contributed by atoms with Crippen LogP contribution in [0.5, 0.6) is 0 Å². The molecule has 0 aliphatic carbocycles. The molecule has 0 saturated carbocycles. The Kier molecular flexibility index (Phi) is 5.01. The van der Waals surface area contributed by atoms with Gasteiger partial charge in [0.1, 0.15) is 0 Å². The van der Waals surface area contributed by atoms with Gasteiger partial charge in [0.15, 0.2) is 0 Å². The summed E-state index contributed by atoms with van der Waals surface area (Å²) in [5.74, 6) is 0.392. The molecule has 1 atom stereocenters. The highest BCUT2D eigenvalue weighted by atomic mass is 35.5. The smallest absolute Gasteiger partial charge is 0.301 e. The van der Waals surface area contributed by atoms with E-state index in [1.807, 2.05) is 14.1 Å². The molecule has 1 N–H and O–H groups in total. The minimum absolute atomic E-state index is 0.392. The summed E-state index contributed by atoms with van der Waals surface area (Å²) in [5.41, 5.74) is 1.18. The fourth-order valence-electron chi connectivity index (χ4n) is 2.62. The van der Waals surface area contributed by atoms with Gasteiger partial charge in [0.2, 0.25) is 0 Å². The van der Waals surface area contributed by atoms with Crippen LogP contribution in [0.1, 0.15) is 19.8 Å². The summed E-state index contributed by atoms with van der Waals surface area (Å²) < 4.78 is 29.3. The molecule has 1 aromatic rings. The quantitative estimate of drug-likeness (QED) is 0.923. The third-order valence-electron chi connectivity index (χ3n) is 3.63. The normalized spacial score (nSPS) is 20.3. The van der Waals surface area contributed by atoms with Crippen molar-refractivity contribution in [2.45, 2.75) is 19.8 Å². The molecule has 1 heterocycles. The van der Waals surface area contributed by atoms with E-state index in [2.05, 4.69) is 11.6 Å². The Morgan fingerprint density at radius 2 is 2.10 bits per heavy atom. The minimum Gasteiger partial charge on any atom is -0.375 e. The first-order valence-corrected chi connectivity index (χ1v) is 8.87. The summed E-state index contributed by atoms with van der Waals surface area (Å²) in [5, 5.41) is 0.521. The molecule has 0 amide bonds. The number of piperidine rings is 1. The topological polar surface area (TPSA) is 52.7 Å². The van der Waals surface area contributed by atoms with Crippen LogP contribution in [0.3, 0.4) is 0 Å². The van der Waals surface area contributed by atoms with Crippen molar-refractivity contribution in [2.24, 2.45) is 5.92 Å². The van der Waals surface area contributed by atoms with E-state index in [4.69, 9.17) is 11.6 Å². The second-order valence-electron chi connectivity index (χ2n) is 5.74. The van der Waals surface area contributed by atoms with E-state index < -0.39 is 10.2 Å². The van der Waals surface area contributed by atoms with Gasteiger partial charge >= 0.3 is 10.2 Å². The lowest BCUT2D eigenvalue weighted by Crippen LogP contribution is -2.42. The van der Waals surface area contributed by atoms with Gasteiger partial charge in [-0.05, 0) is 30.9 Å². The SMILES string of the molecule is CC1CCCN(S(=O)(=O)Nc2cccc(Cl)c2N(C)C)C1. The fourth-order valence-corrected chi connectivity index (χ4v) is 4.36. The average Bonchev–Trinajstić information content (AvgIpc) is 2.37. The summed E-state index contributed by atoms with van der Waals surface area (Å²) >= 11 is 6.17. The van der Waals surface area contributed by atoms with Gasteiger partial charge in [0, 0.05) is 27.2 Å². The Morgan fingerprint density at radius 3 is 2.71 bits per heavy atom. The zero-order chi connectivity index (χ0) is 15.6. The van der Waals surface area contributed by atoms with E-state index in [0.29, 0.717) is 35.4 Å². The molecule has 1 saturated heterocycles. The highest BCUT2D eigenvalue weighted by Gasteiger charge is 2.28. The molecule has 0 spiro atoms. The second kappa shape index (κ2) is 6.42. The molecule has 2 rings (SSSR count). The van der Waals surface area contributed by atoms with E-state index in [1.54, 1.807) is 23.1 Å². The van der Waals surface area contributed by atoms with Crippen molar-refractivity contribution in [1.29, 1.82) is 0 Å². The molecule has 7 heteroatoms. The van der Waals surface area contributed by atoms with Crippen LogP contribution in [0, 0.1) is 5.92 Å². The monoisotopic (exact) mass is 331 g/mol. The first-order chi connectivity index (χ1) is 9.81. The lowest BCUT2D eigenvalue weighted by molar-refractivity contribution is 0.282. The first-order valence-electron chi connectivity index (χ1n) is 7.05. The Bertz CT molecular complexity index is 604. The molecule has 118 valence electrons. The van der Waals surface area contributed by atoms with Crippen LogP contribution in [0.2, 0.25) is 5.02 Å². The van der Waals surface area contributed by atoms with Gasteiger partial charge in [-0.2, -0.15) is 12.7 Å². The van der Waals surface area contributed by atoms with Crippen LogP contribution in [0.15, 0.2) is 18.2 Å². The summed E-state index contributed by atoms with van der Waals surface area (Å²) in [7, 11) is 0.127. The average molecular weight is 332 g/mol. The van der Waals surface area contributed by atoms with Crippen LogP contribution < -0.4 is 9.62 Å². The van der Waals surface area contributed by atoms with Crippen LogP contribution in [0.25, 0.3) is 0 Å². The molecule has 1 aliphatic rings. The molecule has 1 unspecified atom stereocenters. The lowest BCUT2D eigenvalue weighted by atomic mass is 10.0. The van der Waals surface area contributed by atoms with Crippen LogP contribution in [0.4, 0.5) is 11.4 Å². The Hall–Kier alpha value is -0.980. The number of hydrogen-bond acceptors (Lipinski definition) is 3. The van der Waals surface area contributed by atoms with E-state index in [1.165, 1.54) is 4.31 Å². The molecule has 0 radical (unpaired) electrons. The maximum Gasteiger partial charge on any atom is 0.301 e. The predicted octanol–water partition coefficient (Wildman–Crippen LogP) is 2.79. The molecular weight excluding hydrogens is 310 g/mol. The summed E-state index contributed by atoms with van der Waals surface area (Å²) in [6, 6.07) is 5.22. The van der Waals surface area contributed by atoms with E-state index >= 15 is 0 Å². The molecule has 1 fully saturated rings. The molecule has 5 nitrogen and oxygen atoms in total. The summed E-state index contributed by atoms with van der Waals surface area (Å²) in [4.78, 5) is 1.80. The van der Waals surface area contributed by atoms with E-state index in [9.17, 15) is 8.42 Å². The van der Waals surface area contributed by atoms with Gasteiger partial charge < -0.3 is 4.90 Å². The van der Waals surface area contributed by atoms with Gasteiger partial charge in [-0.15, -0.1) is 0 Å². The van der Waals surface area contributed by atoms with E-state index in [0.717, 1.165) is 12.8 Å². The summed E-state index contributed by atoms with van der Waals surface area (Å²) in [6.45, 7) is 3.21. The van der Waals surface area contributed by atoms with Crippen molar-refractivity contribution in [3.8, 4) is 0 Å². The van der Waals surface area contributed by atoms with Crippen molar-refractivity contribution in [2.75, 3.05) is 36.8 Å². The zero-order valence-corrected chi connectivity index (χ0v) is 14.2. The Labute approximate surface area is 132 Å². The van der Waals surface area contributed by atoms with Crippen LogP contribution >= 0.6 is 11.6 Å². The van der Waals surface area contributed by atoms with Crippen molar-refractivity contribution in [3.05, 3.63) is 23.2 Å². The predicted molar refractivity (Wildman–Crippen MR) is 88.3 cm³/mol. The van der Waals surface area contributed by atoms with Crippen molar-refractivity contribution >= 4 is 33.2 Å². The number of rotatable bonds is 4. The Morgan fingerprint density at radius 1 is 1.38 bits per heavy atom. The summed E-state index contributed by atoms with van der Waals surface area (Å²) in [6.07, 6.45) is 1.98. The van der Waals surface area contributed by atoms with Gasteiger partial charge in [-0.3, -0.25) is 4.72 Å².